The molecule has 140 valence electrons. The summed E-state index contributed by atoms with van der Waals surface area (Å²) < 4.78 is 0. The van der Waals surface area contributed by atoms with Crippen LogP contribution in [0.25, 0.3) is 0 Å². The fraction of sp³-hybridized carbons (Fsp3) is 0.421. The van der Waals surface area contributed by atoms with E-state index in [9.17, 15) is 9.59 Å². The van der Waals surface area contributed by atoms with Gasteiger partial charge in [0.05, 0.1) is 11.4 Å². The summed E-state index contributed by atoms with van der Waals surface area (Å²) in [5, 5.41) is 5.30. The van der Waals surface area contributed by atoms with Crippen LogP contribution < -0.4 is 15.5 Å². The molecule has 8 heteroatoms. The zero-order valence-corrected chi connectivity index (χ0v) is 15.4. The fourth-order valence-electron chi connectivity index (χ4n) is 4.14. The minimum Gasteiger partial charge on any atom is -0.355 e. The predicted molar refractivity (Wildman–Crippen MR) is 99.0 cm³/mol. The molecule has 2 saturated heterocycles. The van der Waals surface area contributed by atoms with E-state index < -0.39 is 11.6 Å². The maximum atomic E-state index is 12.8. The summed E-state index contributed by atoms with van der Waals surface area (Å²) >= 11 is 0. The first-order valence-electron chi connectivity index (χ1n) is 9.10. The Morgan fingerprint density at radius 1 is 1.19 bits per heavy atom. The lowest BCUT2D eigenvalue weighted by atomic mass is 9.73. The first kappa shape index (κ1) is 17.4. The van der Waals surface area contributed by atoms with E-state index >= 15 is 0 Å². The lowest BCUT2D eigenvalue weighted by Crippen LogP contribution is -2.53. The van der Waals surface area contributed by atoms with E-state index in [1.165, 1.54) is 0 Å². The molecule has 3 amide bonds. The molecule has 4 rings (SSSR count). The van der Waals surface area contributed by atoms with Crippen molar-refractivity contribution >= 4 is 17.8 Å². The fourth-order valence-corrected chi connectivity index (χ4v) is 4.14. The van der Waals surface area contributed by atoms with Gasteiger partial charge >= 0.3 is 6.03 Å². The van der Waals surface area contributed by atoms with Crippen molar-refractivity contribution in [1.29, 1.82) is 0 Å². The lowest BCUT2D eigenvalue weighted by Gasteiger charge is -2.41. The van der Waals surface area contributed by atoms with E-state index in [1.807, 2.05) is 19.9 Å². The Morgan fingerprint density at radius 3 is 2.59 bits per heavy atom. The van der Waals surface area contributed by atoms with Gasteiger partial charge in [-0.25, -0.2) is 9.78 Å². The van der Waals surface area contributed by atoms with Crippen LogP contribution in [-0.2, 0) is 10.3 Å². The van der Waals surface area contributed by atoms with Crippen LogP contribution in [0.5, 0.6) is 0 Å². The molecular formula is C19H22N6O2. The van der Waals surface area contributed by atoms with E-state index in [1.54, 1.807) is 24.7 Å². The first-order valence-corrected chi connectivity index (χ1v) is 9.10. The molecule has 0 bridgehead atoms. The number of hydrogen-bond donors (Lipinski definition) is 2. The highest BCUT2D eigenvalue weighted by Gasteiger charge is 2.53. The highest BCUT2D eigenvalue weighted by molar-refractivity contribution is 6.07. The number of pyridine rings is 1. The van der Waals surface area contributed by atoms with Crippen molar-refractivity contribution < 1.29 is 9.59 Å². The standard InChI is InChI=1S/C19H22N6O2/c1-12-10-21-13(2)16(22-12)25-8-5-14(6-9-25)19(15-4-3-7-20-11-15)17(26)23-18(27)24-19/h3-4,7,10-11,14H,5-6,8-9H2,1-2H3,(H2,23,24,26,27)/t19-/m0/s1. The second-order valence-electron chi connectivity index (χ2n) is 7.14. The Balaban J connectivity index is 1.61. The molecule has 4 heterocycles. The molecule has 2 aromatic rings. The average molecular weight is 366 g/mol. The third kappa shape index (κ3) is 2.90. The average Bonchev–Trinajstić information content (AvgIpc) is 2.99. The number of nitrogens with one attached hydrogen (secondary N) is 2. The molecule has 0 unspecified atom stereocenters. The molecule has 2 fully saturated rings. The number of piperidine rings is 1. The Morgan fingerprint density at radius 2 is 1.96 bits per heavy atom. The number of hydrogen-bond acceptors (Lipinski definition) is 6. The van der Waals surface area contributed by atoms with Gasteiger partial charge in [-0.05, 0) is 38.7 Å². The second-order valence-corrected chi connectivity index (χ2v) is 7.14. The van der Waals surface area contributed by atoms with Gasteiger partial charge in [-0.15, -0.1) is 0 Å². The Hall–Kier alpha value is -3.03. The summed E-state index contributed by atoms with van der Waals surface area (Å²) in [7, 11) is 0. The van der Waals surface area contributed by atoms with Crippen LogP contribution in [0.15, 0.2) is 30.7 Å². The monoisotopic (exact) mass is 366 g/mol. The maximum absolute atomic E-state index is 12.8. The third-order valence-electron chi connectivity index (χ3n) is 5.47. The number of urea groups is 1. The van der Waals surface area contributed by atoms with Crippen molar-refractivity contribution in [3.8, 4) is 0 Å². The molecular weight excluding hydrogens is 344 g/mol. The van der Waals surface area contributed by atoms with Crippen molar-refractivity contribution in [2.24, 2.45) is 5.92 Å². The highest BCUT2D eigenvalue weighted by Crippen LogP contribution is 2.39. The van der Waals surface area contributed by atoms with Crippen molar-refractivity contribution in [1.82, 2.24) is 25.6 Å². The molecule has 0 aromatic carbocycles. The Labute approximate surface area is 157 Å². The summed E-state index contributed by atoms with van der Waals surface area (Å²) in [6.07, 6.45) is 6.58. The smallest absolute Gasteiger partial charge is 0.322 e. The Bertz CT molecular complexity index is 879. The molecule has 27 heavy (non-hydrogen) atoms. The highest BCUT2D eigenvalue weighted by atomic mass is 16.2. The summed E-state index contributed by atoms with van der Waals surface area (Å²) in [6.45, 7) is 5.37. The summed E-state index contributed by atoms with van der Waals surface area (Å²) in [6, 6.07) is 3.18. The lowest BCUT2D eigenvalue weighted by molar-refractivity contribution is -0.126. The van der Waals surface area contributed by atoms with Gasteiger partial charge in [0.15, 0.2) is 5.54 Å². The number of anilines is 1. The van der Waals surface area contributed by atoms with Gasteiger partial charge in [-0.1, -0.05) is 6.07 Å². The topological polar surface area (TPSA) is 100 Å². The first-order chi connectivity index (χ1) is 13.0. The summed E-state index contributed by atoms with van der Waals surface area (Å²) in [5.74, 6) is 0.566. The van der Waals surface area contributed by atoms with Gasteiger partial charge in [0, 0.05) is 37.2 Å². The Kier molecular flexibility index (Phi) is 4.25. The van der Waals surface area contributed by atoms with Gasteiger partial charge in [0.1, 0.15) is 5.82 Å². The molecule has 0 radical (unpaired) electrons. The number of carbonyl (C=O) groups excluding carboxylic acids is 2. The second kappa shape index (κ2) is 6.61. The van der Waals surface area contributed by atoms with Crippen LogP contribution in [-0.4, -0.2) is 40.0 Å². The zero-order chi connectivity index (χ0) is 19.0. The molecule has 2 N–H and O–H groups in total. The van der Waals surface area contributed by atoms with Gasteiger partial charge in [-0.2, -0.15) is 0 Å². The van der Waals surface area contributed by atoms with E-state index in [0.717, 1.165) is 48.7 Å². The SMILES string of the molecule is Cc1cnc(C)c(N2CCC([C@@]3(c4cccnc4)NC(=O)NC3=O)CC2)n1. The van der Waals surface area contributed by atoms with Crippen LogP contribution in [0.4, 0.5) is 10.6 Å². The van der Waals surface area contributed by atoms with E-state index in [2.05, 4.69) is 30.5 Å². The molecule has 0 aliphatic carbocycles. The minimum atomic E-state index is -1.06. The molecule has 0 spiro atoms. The molecule has 1 atom stereocenters. The van der Waals surface area contributed by atoms with Crippen LogP contribution in [0.1, 0.15) is 29.8 Å². The molecule has 2 aliphatic rings. The zero-order valence-electron chi connectivity index (χ0n) is 15.4. The number of imide groups is 1. The largest absolute Gasteiger partial charge is 0.355 e. The normalized spacial score (nSPS) is 23.3. The number of carbonyl (C=O) groups is 2. The van der Waals surface area contributed by atoms with Crippen LogP contribution in [0.2, 0.25) is 0 Å². The number of aryl methyl sites for hydroxylation is 2. The van der Waals surface area contributed by atoms with Gasteiger partial charge in [0.2, 0.25) is 0 Å². The molecule has 0 saturated carbocycles. The summed E-state index contributed by atoms with van der Waals surface area (Å²) in [5.41, 5.74) is 1.43. The van der Waals surface area contributed by atoms with E-state index in [4.69, 9.17) is 0 Å². The number of amides is 3. The van der Waals surface area contributed by atoms with Crippen molar-refractivity contribution in [2.75, 3.05) is 18.0 Å². The maximum Gasteiger partial charge on any atom is 0.322 e. The number of aromatic nitrogens is 3. The third-order valence-corrected chi connectivity index (χ3v) is 5.47. The van der Waals surface area contributed by atoms with Crippen molar-refractivity contribution in [2.45, 2.75) is 32.2 Å². The molecule has 2 aromatic heterocycles. The van der Waals surface area contributed by atoms with Crippen LogP contribution in [0.3, 0.4) is 0 Å². The van der Waals surface area contributed by atoms with Gasteiger partial charge in [0.25, 0.3) is 5.91 Å². The summed E-state index contributed by atoms with van der Waals surface area (Å²) in [4.78, 5) is 40.1. The van der Waals surface area contributed by atoms with Crippen LogP contribution in [0, 0.1) is 19.8 Å². The minimum absolute atomic E-state index is 0.0255. The number of rotatable bonds is 3. The van der Waals surface area contributed by atoms with Gasteiger partial charge in [-0.3, -0.25) is 20.1 Å². The number of nitrogens with zero attached hydrogens (tertiary/aromatic N) is 4. The van der Waals surface area contributed by atoms with E-state index in [-0.39, 0.29) is 11.8 Å². The molecule has 8 nitrogen and oxygen atoms in total. The predicted octanol–water partition coefficient (Wildman–Crippen LogP) is 1.44. The van der Waals surface area contributed by atoms with Crippen molar-refractivity contribution in [3.63, 3.8) is 0 Å². The van der Waals surface area contributed by atoms with Crippen LogP contribution >= 0.6 is 0 Å². The molecule has 2 aliphatic heterocycles. The van der Waals surface area contributed by atoms with E-state index in [0.29, 0.717) is 0 Å². The van der Waals surface area contributed by atoms with Gasteiger partial charge < -0.3 is 10.2 Å². The quantitative estimate of drug-likeness (QED) is 0.798. The van der Waals surface area contributed by atoms with Crippen molar-refractivity contribution in [3.05, 3.63) is 47.7 Å².